The zero-order valence-corrected chi connectivity index (χ0v) is 18.7. The molecule has 9 heteroatoms. The highest BCUT2D eigenvalue weighted by Gasteiger charge is 2.25. The van der Waals surface area contributed by atoms with Gasteiger partial charge in [-0.15, -0.1) is 0 Å². The van der Waals surface area contributed by atoms with Gasteiger partial charge in [-0.2, -0.15) is 4.31 Å². The van der Waals surface area contributed by atoms with Crippen LogP contribution < -0.4 is 10.6 Å². The van der Waals surface area contributed by atoms with Crippen LogP contribution >= 0.6 is 0 Å². The molecule has 1 saturated heterocycles. The molecule has 0 saturated carbocycles. The van der Waals surface area contributed by atoms with Crippen LogP contribution in [-0.4, -0.2) is 53.9 Å². The van der Waals surface area contributed by atoms with E-state index in [9.17, 15) is 8.42 Å². The summed E-state index contributed by atoms with van der Waals surface area (Å²) < 4.78 is 27.3. The van der Waals surface area contributed by atoms with Crippen LogP contribution in [0.15, 0.2) is 72.0 Å². The molecule has 1 aliphatic rings. The second-order valence-corrected chi connectivity index (χ2v) is 9.70. The summed E-state index contributed by atoms with van der Waals surface area (Å²) in [5.41, 5.74) is 3.68. The number of sulfonamides is 1. The highest BCUT2D eigenvalue weighted by molar-refractivity contribution is 7.89. The molecule has 0 bridgehead atoms. The zero-order valence-electron chi connectivity index (χ0n) is 17.9. The Morgan fingerprint density at radius 1 is 0.970 bits per heavy atom. The lowest BCUT2D eigenvalue weighted by molar-refractivity contribution is 0.360. The Morgan fingerprint density at radius 3 is 2.58 bits per heavy atom. The van der Waals surface area contributed by atoms with E-state index >= 15 is 0 Å². The van der Waals surface area contributed by atoms with Crippen LogP contribution in [0, 0.1) is 0 Å². The molecule has 3 N–H and O–H groups in total. The highest BCUT2D eigenvalue weighted by Crippen LogP contribution is 2.22. The van der Waals surface area contributed by atoms with Crippen LogP contribution in [-0.2, 0) is 10.0 Å². The summed E-state index contributed by atoms with van der Waals surface area (Å²) in [6, 6.07) is 14.9. The molecule has 8 nitrogen and oxygen atoms in total. The van der Waals surface area contributed by atoms with Crippen molar-refractivity contribution in [3.05, 3.63) is 78.2 Å². The number of nitrogens with zero attached hydrogens (tertiary/aromatic N) is 3. The van der Waals surface area contributed by atoms with Crippen molar-refractivity contribution in [3.63, 3.8) is 0 Å². The van der Waals surface area contributed by atoms with Gasteiger partial charge in [-0.3, -0.25) is 0 Å². The van der Waals surface area contributed by atoms with E-state index in [1.165, 1.54) is 4.31 Å². The van der Waals surface area contributed by atoms with Crippen LogP contribution in [0.1, 0.15) is 11.1 Å². The number of aromatic amines is 1. The van der Waals surface area contributed by atoms with Gasteiger partial charge in [-0.1, -0.05) is 30.4 Å². The predicted octanol–water partition coefficient (Wildman–Crippen LogP) is 3.47. The number of nitrogens with one attached hydrogen (secondary N) is 3. The Kier molecular flexibility index (Phi) is 5.91. The van der Waals surface area contributed by atoms with E-state index in [-0.39, 0.29) is 4.90 Å². The maximum absolute atomic E-state index is 12.9. The summed E-state index contributed by atoms with van der Waals surface area (Å²) in [4.78, 5) is 12.2. The number of hydrogen-bond acceptors (Lipinski definition) is 6. The van der Waals surface area contributed by atoms with Gasteiger partial charge in [0.15, 0.2) is 0 Å². The molecule has 0 radical (unpaired) electrons. The quantitative estimate of drug-likeness (QED) is 0.407. The number of H-pyrrole nitrogens is 1. The Balaban J connectivity index is 1.29. The van der Waals surface area contributed by atoms with Gasteiger partial charge in [-0.25, -0.2) is 18.4 Å². The van der Waals surface area contributed by atoms with E-state index in [1.54, 1.807) is 36.7 Å². The minimum absolute atomic E-state index is 0.257. The highest BCUT2D eigenvalue weighted by atomic mass is 32.2. The van der Waals surface area contributed by atoms with Gasteiger partial charge in [0.1, 0.15) is 0 Å². The largest absolute Gasteiger partial charge is 0.361 e. The van der Waals surface area contributed by atoms with Crippen molar-refractivity contribution in [3.8, 4) is 0 Å². The van der Waals surface area contributed by atoms with E-state index in [1.807, 2.05) is 30.5 Å². The third-order valence-corrected chi connectivity index (χ3v) is 7.45. The standard InChI is InChI=1S/C24H24N6O2S/c31-33(32,30-13-11-25-12-14-30)21-5-2-4-20(15-21)29-24-27-16-18(17-28-24)7-8-19-3-1-6-23-22(19)9-10-26-23/h1-10,15-17,25-26H,11-14H2,(H,27,28,29)/b8-7+. The minimum atomic E-state index is -3.53. The number of piperazine rings is 1. The molecule has 3 heterocycles. The van der Waals surface area contributed by atoms with E-state index < -0.39 is 10.0 Å². The number of rotatable bonds is 6. The molecule has 33 heavy (non-hydrogen) atoms. The molecule has 0 unspecified atom stereocenters. The topological polar surface area (TPSA) is 103 Å². The molecular weight excluding hydrogens is 436 g/mol. The third kappa shape index (κ3) is 4.65. The number of anilines is 2. The lowest BCUT2D eigenvalue weighted by Gasteiger charge is -2.26. The Morgan fingerprint density at radius 2 is 1.76 bits per heavy atom. The van der Waals surface area contributed by atoms with E-state index in [0.717, 1.165) is 22.0 Å². The van der Waals surface area contributed by atoms with Gasteiger partial charge < -0.3 is 15.6 Å². The molecule has 0 amide bonds. The monoisotopic (exact) mass is 460 g/mol. The van der Waals surface area contributed by atoms with Gasteiger partial charge >= 0.3 is 0 Å². The Hall–Kier alpha value is -3.53. The van der Waals surface area contributed by atoms with Crippen molar-refractivity contribution in [1.29, 1.82) is 0 Å². The molecule has 2 aromatic carbocycles. The Bertz CT molecular complexity index is 1390. The lowest BCUT2D eigenvalue weighted by Crippen LogP contribution is -2.46. The van der Waals surface area contributed by atoms with Gasteiger partial charge in [0, 0.05) is 66.9 Å². The summed E-state index contributed by atoms with van der Waals surface area (Å²) in [7, 11) is -3.53. The number of fused-ring (bicyclic) bond motifs is 1. The van der Waals surface area contributed by atoms with E-state index in [4.69, 9.17) is 0 Å². The number of aromatic nitrogens is 3. The molecule has 1 aliphatic heterocycles. The molecule has 0 atom stereocenters. The van der Waals surface area contributed by atoms with Crippen LogP contribution in [0.3, 0.4) is 0 Å². The van der Waals surface area contributed by atoms with Crippen LogP contribution in [0.5, 0.6) is 0 Å². The summed E-state index contributed by atoms with van der Waals surface area (Å²) >= 11 is 0. The number of hydrogen-bond donors (Lipinski definition) is 3. The first-order valence-corrected chi connectivity index (χ1v) is 12.2. The third-order valence-electron chi connectivity index (χ3n) is 5.56. The molecule has 1 fully saturated rings. The van der Waals surface area contributed by atoms with Crippen molar-refractivity contribution >= 4 is 44.7 Å². The molecule has 168 valence electrons. The molecular formula is C24H24N6O2S. The molecule has 2 aromatic heterocycles. The van der Waals surface area contributed by atoms with Crippen LogP contribution in [0.25, 0.3) is 23.1 Å². The van der Waals surface area contributed by atoms with Crippen LogP contribution in [0.2, 0.25) is 0 Å². The SMILES string of the molecule is O=S(=O)(c1cccc(Nc2ncc(/C=C/c3cccc4[nH]ccc34)cn2)c1)N1CCNCC1. The fourth-order valence-electron chi connectivity index (χ4n) is 3.83. The van der Waals surface area contributed by atoms with Crippen molar-refractivity contribution in [2.45, 2.75) is 4.90 Å². The van der Waals surface area contributed by atoms with Crippen molar-refractivity contribution in [2.75, 3.05) is 31.5 Å². The molecule has 0 aliphatic carbocycles. The van der Waals surface area contributed by atoms with Crippen LogP contribution in [0.4, 0.5) is 11.6 Å². The summed E-state index contributed by atoms with van der Waals surface area (Å²) in [5.74, 6) is 0.400. The second-order valence-electron chi connectivity index (χ2n) is 7.77. The van der Waals surface area contributed by atoms with Crippen molar-refractivity contribution in [1.82, 2.24) is 24.6 Å². The normalized spacial score (nSPS) is 15.3. The molecule has 5 rings (SSSR count). The summed E-state index contributed by atoms with van der Waals surface area (Å²) in [6.07, 6.45) is 9.38. The van der Waals surface area contributed by atoms with Gasteiger partial charge in [0.2, 0.25) is 16.0 Å². The minimum Gasteiger partial charge on any atom is -0.361 e. The molecule has 0 spiro atoms. The fraction of sp³-hybridized carbons (Fsp3) is 0.167. The predicted molar refractivity (Wildman–Crippen MR) is 131 cm³/mol. The summed E-state index contributed by atoms with van der Waals surface area (Å²) in [5, 5.41) is 7.42. The summed E-state index contributed by atoms with van der Waals surface area (Å²) in [6.45, 7) is 2.26. The van der Waals surface area contributed by atoms with Gasteiger partial charge in [0.05, 0.1) is 4.90 Å². The second kappa shape index (κ2) is 9.14. The zero-order chi connectivity index (χ0) is 22.7. The Labute approximate surface area is 192 Å². The first-order chi connectivity index (χ1) is 16.1. The van der Waals surface area contributed by atoms with Crippen molar-refractivity contribution < 1.29 is 8.42 Å². The first-order valence-electron chi connectivity index (χ1n) is 10.7. The smallest absolute Gasteiger partial charge is 0.243 e. The van der Waals surface area contributed by atoms with E-state index in [2.05, 4.69) is 37.7 Å². The van der Waals surface area contributed by atoms with Gasteiger partial charge in [-0.05, 0) is 35.9 Å². The molecule has 4 aromatic rings. The average Bonchev–Trinajstić information content (AvgIpc) is 3.34. The first kappa shape index (κ1) is 21.3. The lowest BCUT2D eigenvalue weighted by atomic mass is 10.1. The van der Waals surface area contributed by atoms with Gasteiger partial charge in [0.25, 0.3) is 0 Å². The van der Waals surface area contributed by atoms with Crippen molar-refractivity contribution in [2.24, 2.45) is 0 Å². The van der Waals surface area contributed by atoms with E-state index in [0.29, 0.717) is 37.8 Å². The maximum atomic E-state index is 12.9. The fourth-order valence-corrected chi connectivity index (χ4v) is 5.31. The average molecular weight is 461 g/mol. The maximum Gasteiger partial charge on any atom is 0.243 e. The number of benzene rings is 2.